The molecule has 3 rings (SSSR count). The molecule has 1 aliphatic carbocycles. The molecular formula is C20H23N5O2. The van der Waals surface area contributed by atoms with Crippen molar-refractivity contribution in [3.8, 4) is 11.8 Å². The summed E-state index contributed by atoms with van der Waals surface area (Å²) in [5.74, 6) is 6.30. The zero-order valence-corrected chi connectivity index (χ0v) is 15.0. The van der Waals surface area contributed by atoms with Gasteiger partial charge in [0.05, 0.1) is 11.7 Å². The maximum absolute atomic E-state index is 12.1. The summed E-state index contributed by atoms with van der Waals surface area (Å²) in [5.41, 5.74) is 7.51. The molecule has 0 aliphatic heterocycles. The third-order valence-corrected chi connectivity index (χ3v) is 4.54. The first kappa shape index (κ1) is 18.7. The van der Waals surface area contributed by atoms with Crippen molar-refractivity contribution in [1.82, 2.24) is 15.3 Å². The number of anilines is 2. The average molecular weight is 365 g/mol. The number of carbonyl (C=O) groups is 1. The van der Waals surface area contributed by atoms with E-state index in [1.165, 1.54) is 0 Å². The smallest absolute Gasteiger partial charge is 0.319 e. The lowest BCUT2D eigenvalue weighted by Crippen LogP contribution is -2.38. The molecule has 1 saturated carbocycles. The highest BCUT2D eigenvalue weighted by atomic mass is 16.3. The summed E-state index contributed by atoms with van der Waals surface area (Å²) in [4.78, 5) is 19.9. The minimum absolute atomic E-state index is 0.129. The molecule has 0 unspecified atom stereocenters. The third-order valence-electron chi connectivity index (χ3n) is 4.54. The fraction of sp³-hybridized carbons (Fsp3) is 0.350. The number of benzene rings is 1. The minimum atomic E-state index is -0.324. The molecule has 7 nitrogen and oxygen atoms in total. The zero-order chi connectivity index (χ0) is 19.1. The first-order valence-electron chi connectivity index (χ1n) is 9.02. The largest absolute Gasteiger partial charge is 0.393 e. The van der Waals surface area contributed by atoms with E-state index < -0.39 is 0 Å². The van der Waals surface area contributed by atoms with Crippen LogP contribution >= 0.6 is 0 Å². The second-order valence-electron chi connectivity index (χ2n) is 6.61. The Morgan fingerprint density at radius 1 is 1.19 bits per heavy atom. The topological polar surface area (TPSA) is 113 Å². The summed E-state index contributed by atoms with van der Waals surface area (Å²) in [5, 5.41) is 15.6. The summed E-state index contributed by atoms with van der Waals surface area (Å²) in [6.45, 7) is 0.476. The minimum Gasteiger partial charge on any atom is -0.393 e. The molecule has 0 radical (unpaired) electrons. The highest BCUT2D eigenvalue weighted by Gasteiger charge is 2.23. The Balaban J connectivity index is 1.55. The SMILES string of the molecule is Nc1ncc(C#Cc2cccc(NC(=O)NC[C@@H]3CCCC[C@H]3O)c2)cn1. The van der Waals surface area contributed by atoms with E-state index in [2.05, 4.69) is 32.4 Å². The number of hydrogen-bond donors (Lipinski definition) is 4. The Morgan fingerprint density at radius 3 is 2.70 bits per heavy atom. The van der Waals surface area contributed by atoms with Crippen LogP contribution in [0.2, 0.25) is 0 Å². The quantitative estimate of drug-likeness (QED) is 0.622. The molecule has 0 saturated heterocycles. The van der Waals surface area contributed by atoms with Crippen LogP contribution in [0.5, 0.6) is 0 Å². The molecule has 1 aromatic carbocycles. The van der Waals surface area contributed by atoms with Crippen LogP contribution in [-0.2, 0) is 0 Å². The van der Waals surface area contributed by atoms with Crippen LogP contribution in [0.15, 0.2) is 36.7 Å². The number of aromatic nitrogens is 2. The molecule has 1 heterocycles. The molecule has 1 aliphatic rings. The van der Waals surface area contributed by atoms with Gasteiger partial charge in [-0.25, -0.2) is 14.8 Å². The van der Waals surface area contributed by atoms with E-state index in [0.29, 0.717) is 17.8 Å². The van der Waals surface area contributed by atoms with Crippen molar-refractivity contribution in [1.29, 1.82) is 0 Å². The summed E-state index contributed by atoms with van der Waals surface area (Å²) in [7, 11) is 0. The molecule has 1 aromatic heterocycles. The van der Waals surface area contributed by atoms with Crippen LogP contribution in [0.3, 0.4) is 0 Å². The van der Waals surface area contributed by atoms with E-state index in [4.69, 9.17) is 5.73 Å². The summed E-state index contributed by atoms with van der Waals surface area (Å²) >= 11 is 0. The van der Waals surface area contributed by atoms with Gasteiger partial charge in [-0.1, -0.05) is 30.7 Å². The van der Waals surface area contributed by atoms with Crippen molar-refractivity contribution in [2.45, 2.75) is 31.8 Å². The first-order valence-corrected chi connectivity index (χ1v) is 9.02. The third kappa shape index (κ3) is 5.69. The predicted octanol–water partition coefficient (Wildman–Crippen LogP) is 2.13. The molecule has 5 N–H and O–H groups in total. The van der Waals surface area contributed by atoms with Crippen molar-refractivity contribution < 1.29 is 9.90 Å². The predicted molar refractivity (Wildman–Crippen MR) is 104 cm³/mol. The van der Waals surface area contributed by atoms with Crippen molar-refractivity contribution in [3.05, 3.63) is 47.8 Å². The van der Waals surface area contributed by atoms with Gasteiger partial charge < -0.3 is 21.5 Å². The second kappa shape index (κ2) is 9.01. The van der Waals surface area contributed by atoms with Crippen LogP contribution < -0.4 is 16.4 Å². The van der Waals surface area contributed by atoms with Crippen molar-refractivity contribution in [3.63, 3.8) is 0 Å². The molecule has 0 spiro atoms. The van der Waals surface area contributed by atoms with E-state index >= 15 is 0 Å². The van der Waals surface area contributed by atoms with Gasteiger partial charge in [-0.05, 0) is 31.0 Å². The second-order valence-corrected chi connectivity index (χ2v) is 6.61. The Labute approximate surface area is 158 Å². The number of aliphatic hydroxyl groups excluding tert-OH is 1. The lowest BCUT2D eigenvalue weighted by Gasteiger charge is -2.27. The van der Waals surface area contributed by atoms with Crippen molar-refractivity contribution in [2.24, 2.45) is 5.92 Å². The number of nitrogens with one attached hydrogen (secondary N) is 2. The van der Waals surface area contributed by atoms with Crippen molar-refractivity contribution in [2.75, 3.05) is 17.6 Å². The van der Waals surface area contributed by atoms with Crippen molar-refractivity contribution >= 4 is 17.7 Å². The van der Waals surface area contributed by atoms with Gasteiger partial charge in [0, 0.05) is 36.1 Å². The van der Waals surface area contributed by atoms with Gasteiger partial charge in [0.2, 0.25) is 5.95 Å². The van der Waals surface area contributed by atoms with E-state index in [9.17, 15) is 9.90 Å². The number of nitrogen functional groups attached to an aromatic ring is 1. The molecule has 2 aromatic rings. The van der Waals surface area contributed by atoms with Gasteiger partial charge in [0.15, 0.2) is 0 Å². The molecule has 1 fully saturated rings. The lowest BCUT2D eigenvalue weighted by molar-refractivity contribution is 0.0712. The van der Waals surface area contributed by atoms with Gasteiger partial charge in [-0.15, -0.1) is 0 Å². The Bertz CT molecular complexity index is 841. The average Bonchev–Trinajstić information content (AvgIpc) is 2.67. The number of hydrogen-bond acceptors (Lipinski definition) is 5. The number of amides is 2. The normalized spacial score (nSPS) is 18.9. The maximum atomic E-state index is 12.1. The zero-order valence-electron chi connectivity index (χ0n) is 15.0. The van der Waals surface area contributed by atoms with E-state index in [1.807, 2.05) is 12.1 Å². The number of carbonyl (C=O) groups excluding carboxylic acids is 1. The van der Waals surface area contributed by atoms with Crippen LogP contribution in [0.25, 0.3) is 0 Å². The Hall–Kier alpha value is -3.11. The van der Waals surface area contributed by atoms with Gasteiger partial charge in [0.1, 0.15) is 0 Å². The number of nitrogens with zero attached hydrogens (tertiary/aromatic N) is 2. The molecule has 7 heteroatoms. The molecule has 27 heavy (non-hydrogen) atoms. The Kier molecular flexibility index (Phi) is 6.23. The number of rotatable bonds is 3. The fourth-order valence-corrected chi connectivity index (χ4v) is 3.05. The van der Waals surface area contributed by atoms with Gasteiger partial charge in [0.25, 0.3) is 0 Å². The van der Waals surface area contributed by atoms with Crippen LogP contribution in [0.4, 0.5) is 16.4 Å². The van der Waals surface area contributed by atoms with Crippen LogP contribution in [0.1, 0.15) is 36.8 Å². The highest BCUT2D eigenvalue weighted by molar-refractivity contribution is 5.89. The number of urea groups is 1. The van der Waals surface area contributed by atoms with Gasteiger partial charge in [-0.2, -0.15) is 0 Å². The highest BCUT2D eigenvalue weighted by Crippen LogP contribution is 2.23. The first-order chi connectivity index (χ1) is 13.1. The lowest BCUT2D eigenvalue weighted by atomic mass is 9.86. The number of aliphatic hydroxyl groups is 1. The summed E-state index contributed by atoms with van der Waals surface area (Å²) in [6.07, 6.45) is 6.71. The van der Waals surface area contributed by atoms with Crippen LogP contribution in [0, 0.1) is 17.8 Å². The Morgan fingerprint density at radius 2 is 1.93 bits per heavy atom. The molecule has 2 atom stereocenters. The van der Waals surface area contributed by atoms with Crippen LogP contribution in [-0.4, -0.2) is 33.8 Å². The maximum Gasteiger partial charge on any atom is 0.319 e. The van der Waals surface area contributed by atoms with E-state index in [0.717, 1.165) is 31.2 Å². The fourth-order valence-electron chi connectivity index (χ4n) is 3.05. The molecule has 140 valence electrons. The van der Waals surface area contributed by atoms with E-state index in [1.54, 1.807) is 24.5 Å². The standard InChI is InChI=1S/C20H23N5O2/c21-19-22-11-15(12-23-19)9-8-14-4-3-6-17(10-14)25-20(27)24-13-16-5-1-2-7-18(16)26/h3-4,6,10-12,16,18,26H,1-2,5,7,13H2,(H2,21,22,23)(H2,24,25,27)/t16-,18+/m0/s1. The summed E-state index contributed by atoms with van der Waals surface area (Å²) < 4.78 is 0. The molecular weight excluding hydrogens is 342 g/mol. The molecule has 0 bridgehead atoms. The van der Waals surface area contributed by atoms with Gasteiger partial charge in [-0.3, -0.25) is 0 Å². The number of nitrogens with two attached hydrogens (primary N) is 1. The monoisotopic (exact) mass is 365 g/mol. The summed E-state index contributed by atoms with van der Waals surface area (Å²) in [6, 6.07) is 6.98. The van der Waals surface area contributed by atoms with Gasteiger partial charge >= 0.3 is 6.03 Å². The van der Waals surface area contributed by atoms with E-state index in [-0.39, 0.29) is 24.0 Å². The molecule has 2 amide bonds.